The molecule has 3 saturated heterocycles. The average Bonchev–Trinajstić information content (AvgIpc) is 3.16. The van der Waals surface area contributed by atoms with Crippen LogP contribution in [-0.2, 0) is 9.53 Å². The lowest BCUT2D eigenvalue weighted by atomic mass is 9.69. The summed E-state index contributed by atoms with van der Waals surface area (Å²) < 4.78 is 36.5. The molecule has 9 nitrogen and oxygen atoms in total. The number of likely N-dealkylation sites (tertiary alicyclic amines) is 1. The second-order valence-corrected chi connectivity index (χ2v) is 13.7. The standard InChI is InChI=1S/C30H53F2N7O2/c1-38-14-15-41-30(20-38)10-12-39(13-11-30)26-22(32)18-35-19-24(26)37-28(40)25(27(33)34)23-16-29(7-4-2-3-5-8-29)9-6-21(31)17-36-23/h17,21-27,35H,2-16,18-20,33-34H2,1H3,(H,37,40). The maximum atomic E-state index is 15.6. The first kappa shape index (κ1) is 31.2. The van der Waals surface area contributed by atoms with E-state index in [0.29, 0.717) is 19.4 Å². The van der Waals surface area contributed by atoms with Crippen LogP contribution in [-0.4, -0.2) is 117 Å². The number of halogens is 2. The molecule has 1 amide bonds. The Morgan fingerprint density at radius 3 is 2.49 bits per heavy atom. The van der Waals surface area contributed by atoms with Crippen molar-refractivity contribution < 1.29 is 18.3 Å². The fraction of sp³-hybridized carbons (Fsp3) is 0.933. The minimum Gasteiger partial charge on any atom is -0.372 e. The summed E-state index contributed by atoms with van der Waals surface area (Å²) in [5.74, 6) is -1.12. The van der Waals surface area contributed by atoms with E-state index in [1.54, 1.807) is 0 Å². The molecule has 0 aromatic rings. The molecule has 1 aliphatic carbocycles. The third-order valence-corrected chi connectivity index (χ3v) is 10.7. The van der Waals surface area contributed by atoms with Gasteiger partial charge in [0.2, 0.25) is 5.91 Å². The lowest BCUT2D eigenvalue weighted by Gasteiger charge is -2.50. The van der Waals surface area contributed by atoms with Gasteiger partial charge < -0.3 is 31.7 Å². The molecule has 2 spiro atoms. The smallest absolute Gasteiger partial charge is 0.228 e. The zero-order valence-corrected chi connectivity index (χ0v) is 24.9. The zero-order chi connectivity index (χ0) is 29.0. The van der Waals surface area contributed by atoms with E-state index in [1.165, 1.54) is 19.1 Å². The van der Waals surface area contributed by atoms with Crippen molar-refractivity contribution in [3.63, 3.8) is 0 Å². The molecule has 5 rings (SSSR count). The predicted molar refractivity (Wildman–Crippen MR) is 157 cm³/mol. The number of nitrogens with two attached hydrogens (primary N) is 2. The molecule has 6 unspecified atom stereocenters. The molecular formula is C30H53F2N7O2. The fourth-order valence-corrected chi connectivity index (χ4v) is 8.41. The molecule has 4 heterocycles. The van der Waals surface area contributed by atoms with E-state index in [4.69, 9.17) is 16.2 Å². The van der Waals surface area contributed by atoms with Crippen LogP contribution in [0, 0.1) is 11.3 Å². The zero-order valence-electron chi connectivity index (χ0n) is 24.9. The second-order valence-electron chi connectivity index (χ2n) is 13.7. The van der Waals surface area contributed by atoms with Gasteiger partial charge in [0.25, 0.3) is 0 Å². The van der Waals surface area contributed by atoms with Gasteiger partial charge in [0.1, 0.15) is 12.3 Å². The molecule has 1 saturated carbocycles. The number of rotatable bonds is 5. The van der Waals surface area contributed by atoms with Crippen LogP contribution >= 0.6 is 0 Å². The minimum atomic E-state index is -1.13. The summed E-state index contributed by atoms with van der Waals surface area (Å²) in [5, 5.41) is 6.31. The Kier molecular flexibility index (Phi) is 10.3. The maximum Gasteiger partial charge on any atom is 0.228 e. The molecule has 41 heavy (non-hydrogen) atoms. The number of amides is 1. The van der Waals surface area contributed by atoms with Gasteiger partial charge in [-0.05, 0) is 57.4 Å². The van der Waals surface area contributed by atoms with Crippen molar-refractivity contribution in [2.45, 2.75) is 113 Å². The first-order valence-corrected chi connectivity index (χ1v) is 16.1. The third-order valence-electron chi connectivity index (χ3n) is 10.7. The number of hydrogen-bond acceptors (Lipinski definition) is 8. The van der Waals surface area contributed by atoms with Crippen molar-refractivity contribution in [2.24, 2.45) is 27.8 Å². The Morgan fingerprint density at radius 1 is 1.07 bits per heavy atom. The highest BCUT2D eigenvalue weighted by Gasteiger charge is 2.46. The quantitative estimate of drug-likeness (QED) is 0.365. The molecule has 6 N–H and O–H groups in total. The number of carbonyl (C=O) groups excluding carboxylic acids is 1. The normalized spacial score (nSPS) is 36.0. The van der Waals surface area contributed by atoms with Gasteiger partial charge in [-0.25, -0.2) is 8.78 Å². The molecule has 4 aliphatic heterocycles. The van der Waals surface area contributed by atoms with Crippen LogP contribution in [0.25, 0.3) is 0 Å². The second kappa shape index (κ2) is 13.6. The first-order valence-electron chi connectivity index (χ1n) is 16.1. The number of morpholine rings is 1. The van der Waals surface area contributed by atoms with Gasteiger partial charge >= 0.3 is 0 Å². The summed E-state index contributed by atoms with van der Waals surface area (Å²) in [6.07, 6.45) is 8.42. The largest absolute Gasteiger partial charge is 0.372 e. The molecular weight excluding hydrogens is 528 g/mol. The van der Waals surface area contributed by atoms with Gasteiger partial charge in [-0.1, -0.05) is 25.7 Å². The van der Waals surface area contributed by atoms with Crippen molar-refractivity contribution in [2.75, 3.05) is 52.9 Å². The molecule has 5 aliphatic rings. The molecule has 0 bridgehead atoms. The van der Waals surface area contributed by atoms with Gasteiger partial charge in [-0.2, -0.15) is 0 Å². The number of alkyl halides is 2. The van der Waals surface area contributed by atoms with E-state index in [1.807, 2.05) is 0 Å². The number of carbonyl (C=O) groups is 1. The Balaban J connectivity index is 1.30. The highest BCUT2D eigenvalue weighted by atomic mass is 19.1. The van der Waals surface area contributed by atoms with Crippen LogP contribution in [0.1, 0.15) is 70.6 Å². The Hall–Kier alpha value is -1.24. The van der Waals surface area contributed by atoms with Crippen molar-refractivity contribution in [3.8, 4) is 0 Å². The molecule has 0 aromatic carbocycles. The molecule has 6 atom stereocenters. The Morgan fingerprint density at radius 2 is 1.80 bits per heavy atom. The van der Waals surface area contributed by atoms with E-state index in [-0.39, 0.29) is 23.5 Å². The van der Waals surface area contributed by atoms with E-state index >= 15 is 4.39 Å². The monoisotopic (exact) mass is 581 g/mol. The summed E-state index contributed by atoms with van der Waals surface area (Å²) in [6.45, 7) is 4.72. The van der Waals surface area contributed by atoms with Gasteiger partial charge in [-0.15, -0.1) is 0 Å². The van der Waals surface area contributed by atoms with Crippen LogP contribution in [0.5, 0.6) is 0 Å². The number of aliphatic imine (C=N–C) groups is 1. The molecule has 11 heteroatoms. The summed E-state index contributed by atoms with van der Waals surface area (Å²) in [4.78, 5) is 23.1. The molecule has 4 fully saturated rings. The summed E-state index contributed by atoms with van der Waals surface area (Å²) in [6, 6.07) is -1.38. The topological polar surface area (TPSA) is 121 Å². The highest BCUT2D eigenvalue weighted by molar-refractivity contribution is 5.81. The maximum absolute atomic E-state index is 15.6. The van der Waals surface area contributed by atoms with Crippen LogP contribution < -0.4 is 22.1 Å². The van der Waals surface area contributed by atoms with E-state index < -0.39 is 42.6 Å². The summed E-state index contributed by atoms with van der Waals surface area (Å²) in [7, 11) is 2.12. The molecule has 0 aromatic heterocycles. The predicted octanol–water partition coefficient (Wildman–Crippen LogP) is 1.74. The lowest BCUT2D eigenvalue weighted by molar-refractivity contribution is -0.140. The third kappa shape index (κ3) is 7.47. The number of piperidine rings is 2. The van der Waals surface area contributed by atoms with Gasteiger partial charge in [0.15, 0.2) is 0 Å². The Bertz CT molecular complexity index is 892. The molecule has 0 radical (unpaired) electrons. The van der Waals surface area contributed by atoms with Crippen molar-refractivity contribution >= 4 is 12.1 Å². The first-order chi connectivity index (χ1) is 19.7. The Labute approximate surface area is 244 Å². The number of nitrogens with zero attached hydrogens (tertiary/aromatic N) is 3. The van der Waals surface area contributed by atoms with Crippen LogP contribution in [0.3, 0.4) is 0 Å². The van der Waals surface area contributed by atoms with Gasteiger partial charge in [0.05, 0.1) is 42.4 Å². The van der Waals surface area contributed by atoms with Crippen LogP contribution in [0.15, 0.2) is 4.99 Å². The van der Waals surface area contributed by atoms with Crippen LogP contribution in [0.4, 0.5) is 8.78 Å². The number of likely N-dealkylation sites (N-methyl/N-ethyl adjacent to an activating group) is 1. The number of ether oxygens (including phenoxy) is 1. The highest BCUT2D eigenvalue weighted by Crippen LogP contribution is 2.45. The van der Waals surface area contributed by atoms with Gasteiger partial charge in [-0.3, -0.25) is 14.7 Å². The van der Waals surface area contributed by atoms with Crippen molar-refractivity contribution in [1.29, 1.82) is 0 Å². The number of nitrogens with one attached hydrogen (secondary N) is 2. The minimum absolute atomic E-state index is 0.0470. The summed E-state index contributed by atoms with van der Waals surface area (Å²) >= 11 is 0. The number of hydrogen-bond donors (Lipinski definition) is 4. The van der Waals surface area contributed by atoms with Crippen LogP contribution in [0.2, 0.25) is 0 Å². The fourth-order valence-electron chi connectivity index (χ4n) is 8.41. The van der Waals surface area contributed by atoms with Gasteiger partial charge in [0, 0.05) is 45.5 Å². The van der Waals surface area contributed by atoms with E-state index in [2.05, 4.69) is 32.5 Å². The molecule has 234 valence electrons. The van der Waals surface area contributed by atoms with Crippen molar-refractivity contribution in [1.82, 2.24) is 20.4 Å². The van der Waals surface area contributed by atoms with Crippen molar-refractivity contribution in [3.05, 3.63) is 0 Å². The lowest BCUT2D eigenvalue weighted by Crippen LogP contribution is -2.68. The summed E-state index contributed by atoms with van der Waals surface area (Å²) in [5.41, 5.74) is 12.3. The van der Waals surface area contributed by atoms with E-state index in [0.717, 1.165) is 77.7 Å². The SMILES string of the molecule is CN1CCOC2(CCN(C3C(F)CNCC3NC(=O)C(C(N)N)C3CC4(CCCCCC4)CCC(F)C=N3)CC2)C1. The average molecular weight is 582 g/mol. The van der Waals surface area contributed by atoms with E-state index in [9.17, 15) is 9.18 Å².